The fourth-order valence-electron chi connectivity index (χ4n) is 10.6. The number of oxime groups is 1. The summed E-state index contributed by atoms with van der Waals surface area (Å²) in [6.07, 6.45) is 7.91. The zero-order valence-corrected chi connectivity index (χ0v) is 39.4. The minimum atomic E-state index is -1.52. The van der Waals surface area contributed by atoms with Gasteiger partial charge in [-0.3, -0.25) is 20.0 Å². The van der Waals surface area contributed by atoms with Crippen molar-refractivity contribution in [2.45, 2.75) is 96.3 Å². The van der Waals surface area contributed by atoms with Crippen LogP contribution in [0, 0.1) is 34.8 Å². The number of pyridine rings is 1. The van der Waals surface area contributed by atoms with E-state index in [2.05, 4.69) is 23.7 Å². The Labute approximate surface area is 403 Å². The third kappa shape index (κ3) is 10.8. The number of carbonyl (C=O) groups excluding carboxylic acids is 1. The average Bonchev–Trinajstić information content (AvgIpc) is 3.36. The number of unbranched alkanes of at least 4 members (excludes halogenated alkanes) is 2. The lowest BCUT2D eigenvalue weighted by Gasteiger charge is -2.59. The molecule has 2 heterocycles. The number of aliphatic hydroxyl groups excluding tert-OH is 2. The van der Waals surface area contributed by atoms with Crippen LogP contribution in [0.4, 0.5) is 10.5 Å². The summed E-state index contributed by atoms with van der Waals surface area (Å²) in [4.78, 5) is 38.4. The van der Waals surface area contributed by atoms with E-state index in [-0.39, 0.29) is 76.0 Å². The first-order valence-corrected chi connectivity index (χ1v) is 24.1. The Morgan fingerprint density at radius 3 is 2.49 bits per heavy atom. The van der Waals surface area contributed by atoms with Gasteiger partial charge in [0.25, 0.3) is 5.69 Å². The second-order valence-corrected chi connectivity index (χ2v) is 18.0. The van der Waals surface area contributed by atoms with Gasteiger partial charge in [-0.1, -0.05) is 78.7 Å². The Bertz CT molecular complexity index is 2650. The minimum absolute atomic E-state index is 0.00359. The van der Waals surface area contributed by atoms with Gasteiger partial charge in [-0.05, 0) is 121 Å². The fraction of sp³-hybridized carbons (Fsp3) is 0.400. The van der Waals surface area contributed by atoms with Crippen LogP contribution in [0.3, 0.4) is 0 Å². The van der Waals surface area contributed by atoms with Crippen molar-refractivity contribution in [3.63, 3.8) is 0 Å². The molecule has 69 heavy (non-hydrogen) atoms. The van der Waals surface area contributed by atoms with Gasteiger partial charge in [0.2, 0.25) is 5.79 Å². The van der Waals surface area contributed by atoms with Crippen molar-refractivity contribution in [2.75, 3.05) is 26.4 Å². The van der Waals surface area contributed by atoms with E-state index >= 15 is 0 Å². The highest BCUT2D eigenvalue weighted by molar-refractivity contribution is 6.03. The summed E-state index contributed by atoms with van der Waals surface area (Å²) in [7, 11) is 0. The molecule has 14 nitrogen and oxygen atoms in total. The van der Waals surface area contributed by atoms with E-state index in [1.165, 1.54) is 12.1 Å². The number of allylic oxidation sites excluding steroid dienone is 1. The maximum Gasteiger partial charge on any atom is 0.410 e. The number of nitro groups is 1. The predicted octanol–water partition coefficient (Wildman–Crippen LogP) is 10.5. The van der Waals surface area contributed by atoms with E-state index in [0.717, 1.165) is 64.5 Å². The van der Waals surface area contributed by atoms with E-state index in [1.807, 2.05) is 79.7 Å². The van der Waals surface area contributed by atoms with E-state index < -0.39 is 28.8 Å². The summed E-state index contributed by atoms with van der Waals surface area (Å²) in [5.74, 6) is -1.16. The maximum atomic E-state index is 14.8. The maximum absolute atomic E-state index is 14.8. The average molecular weight is 939 g/mol. The lowest BCUT2D eigenvalue weighted by atomic mass is 9.55. The summed E-state index contributed by atoms with van der Waals surface area (Å²) in [5, 5.41) is 38.5. The molecule has 8 rings (SSSR count). The molecule has 1 aromatic heterocycles. The molecule has 6 unspecified atom stereocenters. The number of non-ortho nitro benzene ring substituents is 1. The van der Waals surface area contributed by atoms with Gasteiger partial charge in [0.15, 0.2) is 0 Å². The van der Waals surface area contributed by atoms with Crippen molar-refractivity contribution in [1.82, 2.24) is 9.88 Å². The lowest BCUT2D eigenvalue weighted by molar-refractivity contribution is -0.384. The number of carbonyl (C=O) groups is 1. The molecule has 0 bridgehead atoms. The normalized spacial score (nSPS) is 21.9. The number of aryl methyl sites for hydroxylation is 1. The molecular weight excluding hydrogens is 877 g/mol. The van der Waals surface area contributed by atoms with Crippen LogP contribution < -0.4 is 9.47 Å². The first-order chi connectivity index (χ1) is 33.7. The second kappa shape index (κ2) is 22.7. The standard InChI is InChI=1S/C55H62N4O10/c1-4-30-67-55-51(58(54(62)65-5-2)34-41-18-13-17-39-15-6-7-20-45(39)41)33-49(57-68-35-38-22-24-43(25-23-38)59(63)64)47-31-40(16-8-10-28-60)46(21-9-11-29-61)52(53(47)55)48-32-44(26-27-50(48)69-55)66-36-42-19-12-14-37(3)56-42/h4,6-7,12-15,17-20,22-27,31-32,40,46,51-53,60-61H,1,5,8-11,16,21,28-30,33-36H2,2-3H3. The topological polar surface area (TPSA) is 175 Å². The van der Waals surface area contributed by atoms with Gasteiger partial charge in [0.05, 0.1) is 42.0 Å². The number of hydrogen-bond donors (Lipinski definition) is 2. The van der Waals surface area contributed by atoms with Crippen LogP contribution in [0.2, 0.25) is 0 Å². The molecule has 1 aliphatic heterocycles. The quantitative estimate of drug-likeness (QED) is 0.0292. The SMILES string of the molecule is C=CCOC12Oc3ccc(OCc4cccc(C)n4)cc3C3C(CCCCO)C(CCCCO)C=C(C(=NOCc4ccc([N+](=O)[O-])cc4)CC1N(Cc1cccc4ccccc14)C(=O)OCC)C32. The number of amides is 1. The van der Waals surface area contributed by atoms with Crippen LogP contribution in [-0.2, 0) is 34.1 Å². The first-order valence-electron chi connectivity index (χ1n) is 24.1. The zero-order chi connectivity index (χ0) is 48.3. The number of aromatic nitrogens is 1. The monoisotopic (exact) mass is 938 g/mol. The van der Waals surface area contributed by atoms with E-state index in [0.29, 0.717) is 35.6 Å². The number of nitrogens with zero attached hydrogens (tertiary/aromatic N) is 4. The molecule has 14 heteroatoms. The number of fused-ring (bicyclic) bond motifs is 3. The van der Waals surface area contributed by atoms with Crippen molar-refractivity contribution in [3.05, 3.63) is 166 Å². The molecule has 2 N–H and O–H groups in total. The Hall–Kier alpha value is -6.61. The summed E-state index contributed by atoms with van der Waals surface area (Å²) in [6.45, 7) is 8.58. The Morgan fingerprint density at radius 1 is 0.971 bits per heavy atom. The van der Waals surface area contributed by atoms with Crippen LogP contribution in [0.25, 0.3) is 10.8 Å². The Morgan fingerprint density at radius 2 is 1.74 bits per heavy atom. The van der Waals surface area contributed by atoms with Crippen molar-refractivity contribution >= 4 is 28.3 Å². The second-order valence-electron chi connectivity index (χ2n) is 18.0. The molecule has 2 aliphatic carbocycles. The predicted molar refractivity (Wildman–Crippen MR) is 263 cm³/mol. The van der Waals surface area contributed by atoms with E-state index in [4.69, 9.17) is 28.9 Å². The number of aliphatic hydroxyl groups is 2. The molecule has 0 radical (unpaired) electrons. The van der Waals surface area contributed by atoms with Gasteiger partial charge in [-0.25, -0.2) is 4.79 Å². The molecule has 1 amide bonds. The summed E-state index contributed by atoms with van der Waals surface area (Å²) in [6, 6.07) is 31.2. The number of nitro benzene ring substituents is 1. The summed E-state index contributed by atoms with van der Waals surface area (Å²) >= 11 is 0. The van der Waals surface area contributed by atoms with E-state index in [9.17, 15) is 25.1 Å². The Kier molecular flexibility index (Phi) is 16.0. The number of benzene rings is 4. The fourth-order valence-corrected chi connectivity index (χ4v) is 10.6. The van der Waals surface area contributed by atoms with Gasteiger partial charge in [0.1, 0.15) is 30.8 Å². The van der Waals surface area contributed by atoms with Gasteiger partial charge in [0, 0.05) is 48.9 Å². The highest BCUT2D eigenvalue weighted by Crippen LogP contribution is 2.62. The Balaban J connectivity index is 1.33. The molecule has 362 valence electrons. The van der Waals surface area contributed by atoms with Crippen LogP contribution in [0.1, 0.15) is 85.9 Å². The van der Waals surface area contributed by atoms with Crippen LogP contribution in [0.5, 0.6) is 11.5 Å². The van der Waals surface area contributed by atoms with Gasteiger partial charge in [-0.15, -0.1) is 6.58 Å². The molecule has 3 aliphatic rings. The lowest BCUT2D eigenvalue weighted by Crippen LogP contribution is -2.70. The molecular formula is C55H62N4O10. The molecule has 0 saturated heterocycles. The highest BCUT2D eigenvalue weighted by Gasteiger charge is 2.65. The summed E-state index contributed by atoms with van der Waals surface area (Å²) < 4.78 is 27.0. The third-order valence-electron chi connectivity index (χ3n) is 13.6. The largest absolute Gasteiger partial charge is 0.487 e. The molecule has 5 aromatic rings. The van der Waals surface area contributed by atoms with Crippen LogP contribution in [0.15, 0.2) is 133 Å². The van der Waals surface area contributed by atoms with Crippen LogP contribution in [-0.4, -0.2) is 75.1 Å². The summed E-state index contributed by atoms with van der Waals surface area (Å²) in [5.41, 5.74) is 5.64. The van der Waals surface area contributed by atoms with Crippen LogP contribution >= 0.6 is 0 Å². The van der Waals surface area contributed by atoms with Crippen molar-refractivity contribution in [1.29, 1.82) is 0 Å². The molecule has 1 fully saturated rings. The zero-order valence-electron chi connectivity index (χ0n) is 39.4. The number of hydrogen-bond acceptors (Lipinski definition) is 12. The van der Waals surface area contributed by atoms with Crippen molar-refractivity contribution in [3.8, 4) is 11.5 Å². The number of ether oxygens (including phenoxy) is 4. The highest BCUT2D eigenvalue weighted by atomic mass is 16.7. The van der Waals surface area contributed by atoms with Gasteiger partial charge < -0.3 is 34.0 Å². The molecule has 6 atom stereocenters. The smallest absolute Gasteiger partial charge is 0.410 e. The van der Waals surface area contributed by atoms with Crippen molar-refractivity contribution < 1.29 is 43.7 Å². The number of rotatable bonds is 22. The van der Waals surface area contributed by atoms with E-state index in [1.54, 1.807) is 30.0 Å². The molecule has 4 aromatic carbocycles. The molecule has 1 saturated carbocycles. The minimum Gasteiger partial charge on any atom is -0.487 e. The molecule has 0 spiro atoms. The van der Waals surface area contributed by atoms with Crippen molar-refractivity contribution in [2.24, 2.45) is 22.9 Å². The van der Waals surface area contributed by atoms with Gasteiger partial charge >= 0.3 is 6.09 Å². The third-order valence-corrected chi connectivity index (χ3v) is 13.6. The first kappa shape index (κ1) is 48.8. The van der Waals surface area contributed by atoms with Gasteiger partial charge in [-0.2, -0.15) is 0 Å².